The van der Waals surface area contributed by atoms with E-state index in [1.165, 1.54) is 0 Å². The molecule has 0 saturated heterocycles. The van der Waals surface area contributed by atoms with Crippen LogP contribution in [0.4, 0.5) is 0 Å². The van der Waals surface area contributed by atoms with Crippen LogP contribution in [0.15, 0.2) is 24.3 Å². The highest BCUT2D eigenvalue weighted by Crippen LogP contribution is 2.31. The van der Waals surface area contributed by atoms with E-state index in [1.807, 2.05) is 0 Å². The van der Waals surface area contributed by atoms with Gasteiger partial charge in [-0.3, -0.25) is 5.10 Å². The van der Waals surface area contributed by atoms with Gasteiger partial charge in [-0.2, -0.15) is 5.10 Å². The van der Waals surface area contributed by atoms with E-state index >= 15 is 0 Å². The van der Waals surface area contributed by atoms with Crippen molar-refractivity contribution in [3.05, 3.63) is 44.1 Å². The highest BCUT2D eigenvalue weighted by molar-refractivity contribution is 7.71. The Morgan fingerprint density at radius 2 is 1.81 bits per heavy atom. The van der Waals surface area contributed by atoms with Crippen molar-refractivity contribution in [2.24, 2.45) is 0 Å². The summed E-state index contributed by atoms with van der Waals surface area (Å²) in [4.78, 5) is 0. The van der Waals surface area contributed by atoms with Gasteiger partial charge in [-0.15, -0.1) is 0 Å². The second kappa shape index (κ2) is 4.72. The van der Waals surface area contributed by atoms with Gasteiger partial charge in [-0.1, -0.05) is 53.1 Å². The van der Waals surface area contributed by atoms with E-state index in [4.69, 9.17) is 47.0 Å². The average Bonchev–Trinajstić information content (AvgIpc) is 2.22. The third-order valence-corrected chi connectivity index (χ3v) is 3.05. The number of aromatic amines is 1. The Hall–Kier alpha value is -0.610. The molecular weight excluding hydrogens is 287 g/mol. The molecule has 1 aromatic heterocycles. The number of rotatable bonds is 1. The molecule has 1 heterocycles. The van der Waals surface area contributed by atoms with E-state index in [9.17, 15) is 0 Å². The molecule has 82 valence electrons. The Morgan fingerprint density at radius 3 is 2.50 bits per heavy atom. The summed E-state index contributed by atoms with van der Waals surface area (Å²) in [5.41, 5.74) is 1.51. The molecule has 16 heavy (non-hydrogen) atoms. The van der Waals surface area contributed by atoms with Gasteiger partial charge in [0, 0.05) is 21.2 Å². The Bertz CT molecular complexity index is 595. The maximum Gasteiger partial charge on any atom is 0.150 e. The Kier molecular flexibility index (Phi) is 3.50. The molecule has 1 aromatic carbocycles. The number of nitrogens with one attached hydrogen (secondary N) is 1. The fourth-order valence-electron chi connectivity index (χ4n) is 1.29. The Balaban J connectivity index is 2.67. The number of aromatic nitrogens is 2. The van der Waals surface area contributed by atoms with Gasteiger partial charge in [0.1, 0.15) is 9.79 Å². The van der Waals surface area contributed by atoms with Crippen LogP contribution in [0.5, 0.6) is 0 Å². The molecule has 2 rings (SSSR count). The maximum atomic E-state index is 6.08. The molecule has 0 aliphatic carbocycles. The van der Waals surface area contributed by atoms with E-state index in [0.29, 0.717) is 19.8 Å². The van der Waals surface area contributed by atoms with Crippen molar-refractivity contribution in [1.82, 2.24) is 10.2 Å². The van der Waals surface area contributed by atoms with Gasteiger partial charge >= 0.3 is 0 Å². The zero-order chi connectivity index (χ0) is 11.7. The van der Waals surface area contributed by atoms with E-state index in [1.54, 1.807) is 24.3 Å². The molecule has 0 bridgehead atoms. The summed E-state index contributed by atoms with van der Waals surface area (Å²) in [6, 6.07) is 6.85. The van der Waals surface area contributed by atoms with E-state index < -0.39 is 0 Å². The zero-order valence-corrected chi connectivity index (χ0v) is 10.9. The highest BCUT2D eigenvalue weighted by Gasteiger charge is 2.07. The number of H-pyrrole nitrogens is 1. The average molecular weight is 292 g/mol. The van der Waals surface area contributed by atoms with Crippen LogP contribution in [-0.2, 0) is 0 Å². The van der Waals surface area contributed by atoms with Crippen LogP contribution in [0.1, 0.15) is 0 Å². The van der Waals surface area contributed by atoms with Crippen LogP contribution in [0.25, 0.3) is 11.1 Å². The Morgan fingerprint density at radius 1 is 1.06 bits per heavy atom. The summed E-state index contributed by atoms with van der Waals surface area (Å²) < 4.78 is 0.480. The van der Waals surface area contributed by atoms with Gasteiger partial charge < -0.3 is 0 Å². The number of hydrogen-bond donors (Lipinski definition) is 1. The van der Waals surface area contributed by atoms with Crippen molar-refractivity contribution in [2.45, 2.75) is 0 Å². The molecule has 2 nitrogen and oxygen atoms in total. The number of hydrogen-bond acceptors (Lipinski definition) is 2. The summed E-state index contributed by atoms with van der Waals surface area (Å²) in [6.45, 7) is 0. The molecule has 1 N–H and O–H groups in total. The van der Waals surface area contributed by atoms with Crippen LogP contribution < -0.4 is 0 Å². The van der Waals surface area contributed by atoms with Gasteiger partial charge in [0.25, 0.3) is 0 Å². The van der Waals surface area contributed by atoms with Gasteiger partial charge in [-0.05, 0) is 18.2 Å². The molecule has 0 saturated carbocycles. The van der Waals surface area contributed by atoms with Gasteiger partial charge in [0.15, 0.2) is 0 Å². The minimum absolute atomic E-state index is 0.328. The quantitative estimate of drug-likeness (QED) is 0.767. The molecule has 0 amide bonds. The first-order chi connectivity index (χ1) is 7.58. The molecule has 0 spiro atoms. The summed E-state index contributed by atoms with van der Waals surface area (Å²) in [5, 5.41) is 7.85. The smallest absolute Gasteiger partial charge is 0.150 e. The van der Waals surface area contributed by atoms with Crippen molar-refractivity contribution in [3.8, 4) is 11.1 Å². The monoisotopic (exact) mass is 290 g/mol. The van der Waals surface area contributed by atoms with Crippen LogP contribution in [-0.4, -0.2) is 10.2 Å². The molecular formula is C10H5Cl3N2S. The van der Waals surface area contributed by atoms with Crippen LogP contribution in [0.2, 0.25) is 15.2 Å². The topological polar surface area (TPSA) is 28.7 Å². The SMILES string of the molecule is S=c1[nH]nc(Cl)cc1-c1ccc(Cl)cc1Cl. The Labute approximate surface area is 112 Å². The lowest BCUT2D eigenvalue weighted by atomic mass is 10.1. The van der Waals surface area contributed by atoms with E-state index in [0.717, 1.165) is 11.1 Å². The van der Waals surface area contributed by atoms with E-state index in [2.05, 4.69) is 10.2 Å². The summed E-state index contributed by atoms with van der Waals surface area (Å²) in [6.07, 6.45) is 0. The molecule has 0 fully saturated rings. The van der Waals surface area contributed by atoms with Gasteiger partial charge in [-0.25, -0.2) is 0 Å². The predicted octanol–water partition coefficient (Wildman–Crippen LogP) is 4.77. The second-order valence-electron chi connectivity index (χ2n) is 3.06. The van der Waals surface area contributed by atoms with Crippen molar-refractivity contribution < 1.29 is 0 Å². The van der Waals surface area contributed by atoms with Crippen LogP contribution in [0.3, 0.4) is 0 Å². The first-order valence-corrected chi connectivity index (χ1v) is 5.83. The third-order valence-electron chi connectivity index (χ3n) is 1.99. The molecule has 0 radical (unpaired) electrons. The number of nitrogens with zero attached hydrogens (tertiary/aromatic N) is 1. The number of benzene rings is 1. The van der Waals surface area contributed by atoms with Gasteiger partial charge in [0.2, 0.25) is 0 Å². The maximum absolute atomic E-state index is 6.08. The largest absolute Gasteiger partial charge is 0.266 e. The molecule has 2 aromatic rings. The fraction of sp³-hybridized carbons (Fsp3) is 0. The second-order valence-corrected chi connectivity index (χ2v) is 4.70. The third kappa shape index (κ3) is 2.38. The summed E-state index contributed by atoms with van der Waals surface area (Å²) in [7, 11) is 0. The van der Waals surface area contributed by atoms with Crippen molar-refractivity contribution >= 4 is 47.0 Å². The molecule has 0 atom stereocenters. The molecule has 6 heteroatoms. The molecule has 0 unspecified atom stereocenters. The zero-order valence-electron chi connectivity index (χ0n) is 7.80. The highest BCUT2D eigenvalue weighted by atomic mass is 35.5. The lowest BCUT2D eigenvalue weighted by Crippen LogP contribution is -1.88. The van der Waals surface area contributed by atoms with Crippen LogP contribution >= 0.6 is 47.0 Å². The fourth-order valence-corrected chi connectivity index (χ4v) is 2.17. The minimum Gasteiger partial charge on any atom is -0.266 e. The standard InChI is InChI=1S/C10H5Cl3N2S/c11-5-1-2-6(8(12)3-5)7-4-9(13)14-15-10(7)16/h1-4H,(H,15,16). The molecule has 0 aliphatic rings. The van der Waals surface area contributed by atoms with Gasteiger partial charge in [0.05, 0.1) is 0 Å². The first kappa shape index (κ1) is 11.9. The number of halogens is 3. The van der Waals surface area contributed by atoms with E-state index in [-0.39, 0.29) is 0 Å². The first-order valence-electron chi connectivity index (χ1n) is 4.28. The summed E-state index contributed by atoms with van der Waals surface area (Å²) >= 11 is 22.8. The molecule has 0 aliphatic heterocycles. The minimum atomic E-state index is 0.328. The van der Waals surface area contributed by atoms with Crippen LogP contribution in [0, 0.1) is 4.64 Å². The normalized spacial score (nSPS) is 10.4. The lowest BCUT2D eigenvalue weighted by Gasteiger charge is -2.05. The lowest BCUT2D eigenvalue weighted by molar-refractivity contribution is 1.02. The van der Waals surface area contributed by atoms with Crippen molar-refractivity contribution in [1.29, 1.82) is 0 Å². The van der Waals surface area contributed by atoms with Crippen molar-refractivity contribution in [2.75, 3.05) is 0 Å². The summed E-state index contributed by atoms with van der Waals surface area (Å²) in [5.74, 6) is 0. The predicted molar refractivity (Wildman–Crippen MR) is 69.9 cm³/mol. The van der Waals surface area contributed by atoms with Crippen molar-refractivity contribution in [3.63, 3.8) is 0 Å².